The monoisotopic (exact) mass is 160 g/mol. The summed E-state index contributed by atoms with van der Waals surface area (Å²) in [5, 5.41) is 7.00. The number of nitrogens with zero attached hydrogens (tertiary/aromatic N) is 1. The van der Waals surface area contributed by atoms with Gasteiger partial charge in [0.2, 0.25) is 0 Å². The summed E-state index contributed by atoms with van der Waals surface area (Å²) >= 11 is 0. The maximum atomic E-state index is 7.00. The molecule has 1 rings (SSSR count). The summed E-state index contributed by atoms with van der Waals surface area (Å²) < 4.78 is 2.16. The van der Waals surface area contributed by atoms with Crippen molar-refractivity contribution in [3.8, 4) is 0 Å². The van der Waals surface area contributed by atoms with Gasteiger partial charge in [-0.2, -0.15) is 0 Å². The molecule has 0 bridgehead atoms. The Bertz CT molecular complexity index is 79.7. The van der Waals surface area contributed by atoms with Gasteiger partial charge in [0.05, 0.1) is 8.52 Å². The number of hydrogen-bond donors (Lipinski definition) is 1. The average Bonchev–Trinajstić information content (AvgIpc) is 2.10. The Morgan fingerprint density at radius 3 is 1.90 bits per heavy atom. The summed E-state index contributed by atoms with van der Waals surface area (Å²) in [6, 6.07) is 0. The summed E-state index contributed by atoms with van der Waals surface area (Å²) in [4.78, 5) is 0. The molecule has 0 aromatic heterocycles. The Hall–Kier alpha value is 0.0600. The van der Waals surface area contributed by atoms with Crippen molar-refractivity contribution in [1.29, 1.82) is 5.16 Å². The van der Waals surface area contributed by atoms with Gasteiger partial charge >= 0.3 is 0 Å². The highest BCUT2D eigenvalue weighted by atomic mass is 31.1. The summed E-state index contributed by atoms with van der Waals surface area (Å²) in [5.41, 5.74) is 0. The van der Waals surface area contributed by atoms with E-state index in [9.17, 15) is 0 Å². The average molecular weight is 160 g/mol. The Morgan fingerprint density at radius 2 is 1.60 bits per heavy atom. The quantitative estimate of drug-likeness (QED) is 0.586. The molecule has 1 fully saturated rings. The Kier molecular flexibility index (Phi) is 7.21. The summed E-state index contributed by atoms with van der Waals surface area (Å²) in [6.45, 7) is 6.29. The number of piperidine rings is 1. The third-order valence-corrected chi connectivity index (χ3v) is 2.16. The number of nitrogens with one attached hydrogen (secondary N) is 1. The van der Waals surface area contributed by atoms with Crippen molar-refractivity contribution in [2.24, 2.45) is 0 Å². The van der Waals surface area contributed by atoms with E-state index in [1.165, 1.54) is 19.3 Å². The zero-order chi connectivity index (χ0) is 7.82. The molecule has 1 heterocycles. The van der Waals surface area contributed by atoms with E-state index in [1.807, 2.05) is 13.8 Å². The Morgan fingerprint density at radius 1 is 1.10 bits per heavy atom. The number of rotatable bonds is 1. The second kappa shape index (κ2) is 7.17. The van der Waals surface area contributed by atoms with E-state index >= 15 is 0 Å². The summed E-state index contributed by atoms with van der Waals surface area (Å²) in [5.74, 6) is 0. The van der Waals surface area contributed by atoms with Crippen LogP contribution in [-0.4, -0.2) is 17.8 Å². The van der Waals surface area contributed by atoms with E-state index in [1.54, 1.807) is 0 Å². The lowest BCUT2D eigenvalue weighted by Gasteiger charge is -2.19. The van der Waals surface area contributed by atoms with Crippen LogP contribution >= 0.6 is 8.52 Å². The van der Waals surface area contributed by atoms with Crippen LogP contribution in [0.1, 0.15) is 33.1 Å². The van der Waals surface area contributed by atoms with E-state index < -0.39 is 0 Å². The van der Waals surface area contributed by atoms with Crippen LogP contribution in [0.4, 0.5) is 0 Å². The molecule has 1 saturated heterocycles. The van der Waals surface area contributed by atoms with Gasteiger partial charge in [-0.3, -0.25) is 5.16 Å². The molecule has 0 aromatic rings. The van der Waals surface area contributed by atoms with Crippen LogP contribution < -0.4 is 0 Å². The molecule has 0 atom stereocenters. The molecule has 0 spiro atoms. The lowest BCUT2D eigenvalue weighted by molar-refractivity contribution is 0.376. The smallest absolute Gasteiger partial charge is 0.0902 e. The summed E-state index contributed by atoms with van der Waals surface area (Å²) in [6.07, 6.45) is 3.96. The fourth-order valence-electron chi connectivity index (χ4n) is 0.977. The Balaban J connectivity index is 0.000000371. The second-order valence-electron chi connectivity index (χ2n) is 2.11. The molecular weight excluding hydrogens is 143 g/mol. The van der Waals surface area contributed by atoms with Crippen molar-refractivity contribution < 1.29 is 0 Å². The first-order valence-corrected chi connectivity index (χ1v) is 4.90. The fourth-order valence-corrected chi connectivity index (χ4v) is 1.46. The largest absolute Gasteiger partial charge is 0.269 e. The van der Waals surface area contributed by atoms with Gasteiger partial charge in [-0.05, 0) is 12.8 Å². The number of hydrogen-bond acceptors (Lipinski definition) is 1. The van der Waals surface area contributed by atoms with E-state index in [0.29, 0.717) is 8.52 Å². The highest BCUT2D eigenvalue weighted by Gasteiger charge is 2.05. The van der Waals surface area contributed by atoms with Crippen molar-refractivity contribution in [3.05, 3.63) is 0 Å². The van der Waals surface area contributed by atoms with Crippen LogP contribution in [0.5, 0.6) is 0 Å². The molecule has 0 amide bonds. The molecular formula is C7H17N2P. The van der Waals surface area contributed by atoms with Crippen molar-refractivity contribution in [1.82, 2.24) is 4.67 Å². The third-order valence-electron chi connectivity index (χ3n) is 1.47. The maximum Gasteiger partial charge on any atom is 0.0902 e. The lowest BCUT2D eigenvalue weighted by atomic mass is 10.2. The highest BCUT2D eigenvalue weighted by Crippen LogP contribution is 2.14. The van der Waals surface area contributed by atoms with Gasteiger partial charge in [0.25, 0.3) is 0 Å². The summed E-state index contributed by atoms with van der Waals surface area (Å²) in [7, 11) is 0.710. The molecule has 3 heteroatoms. The molecule has 0 unspecified atom stereocenters. The molecule has 1 N–H and O–H groups in total. The molecule has 0 saturated carbocycles. The zero-order valence-electron chi connectivity index (χ0n) is 6.93. The lowest BCUT2D eigenvalue weighted by Crippen LogP contribution is -2.19. The first kappa shape index (κ1) is 10.1. The van der Waals surface area contributed by atoms with Crippen LogP contribution in [0.3, 0.4) is 0 Å². The standard InChI is InChI=1S/C5H11N2P.C2H6/c6-8-7-4-2-1-3-5-7;1-2/h6H,1-5H2;1-2H3. The molecule has 1 aliphatic heterocycles. The van der Waals surface area contributed by atoms with E-state index in [-0.39, 0.29) is 0 Å². The predicted octanol–water partition coefficient (Wildman–Crippen LogP) is 3.12. The van der Waals surface area contributed by atoms with E-state index in [4.69, 9.17) is 5.16 Å². The second-order valence-corrected chi connectivity index (χ2v) is 2.88. The minimum Gasteiger partial charge on any atom is -0.269 e. The molecule has 2 nitrogen and oxygen atoms in total. The van der Waals surface area contributed by atoms with Gasteiger partial charge in [0.15, 0.2) is 0 Å². The molecule has 1 aliphatic rings. The van der Waals surface area contributed by atoms with Crippen LogP contribution in [-0.2, 0) is 0 Å². The van der Waals surface area contributed by atoms with Gasteiger partial charge < -0.3 is 0 Å². The molecule has 60 valence electrons. The van der Waals surface area contributed by atoms with Crippen molar-refractivity contribution >= 4 is 8.52 Å². The minimum absolute atomic E-state index is 0.710. The predicted molar refractivity (Wildman–Crippen MR) is 46.4 cm³/mol. The molecule has 0 aromatic carbocycles. The van der Waals surface area contributed by atoms with Gasteiger partial charge in [0.1, 0.15) is 0 Å². The molecule has 0 aliphatic carbocycles. The third kappa shape index (κ3) is 3.97. The van der Waals surface area contributed by atoms with E-state index in [2.05, 4.69) is 4.67 Å². The zero-order valence-corrected chi connectivity index (χ0v) is 7.82. The van der Waals surface area contributed by atoms with Crippen molar-refractivity contribution in [3.63, 3.8) is 0 Å². The molecule has 10 heavy (non-hydrogen) atoms. The highest BCUT2D eigenvalue weighted by molar-refractivity contribution is 7.22. The topological polar surface area (TPSA) is 27.1 Å². The van der Waals surface area contributed by atoms with Gasteiger partial charge in [-0.15, -0.1) is 0 Å². The minimum atomic E-state index is 0.710. The van der Waals surface area contributed by atoms with E-state index in [0.717, 1.165) is 13.1 Å². The van der Waals surface area contributed by atoms with Crippen LogP contribution in [0.25, 0.3) is 0 Å². The van der Waals surface area contributed by atoms with Crippen LogP contribution in [0, 0.1) is 5.16 Å². The van der Waals surface area contributed by atoms with Crippen LogP contribution in [0.2, 0.25) is 0 Å². The normalized spacial score (nSPS) is 19.8. The fraction of sp³-hybridized carbons (Fsp3) is 1.00. The van der Waals surface area contributed by atoms with Gasteiger partial charge in [0, 0.05) is 13.1 Å². The van der Waals surface area contributed by atoms with Crippen LogP contribution in [0.15, 0.2) is 0 Å². The molecule has 0 radical (unpaired) electrons. The van der Waals surface area contributed by atoms with Crippen molar-refractivity contribution in [2.45, 2.75) is 33.1 Å². The van der Waals surface area contributed by atoms with Gasteiger partial charge in [-0.25, -0.2) is 4.67 Å². The maximum absolute atomic E-state index is 7.00. The van der Waals surface area contributed by atoms with Gasteiger partial charge in [-0.1, -0.05) is 20.3 Å². The van der Waals surface area contributed by atoms with Crippen molar-refractivity contribution in [2.75, 3.05) is 13.1 Å². The first-order chi connectivity index (χ1) is 4.93. The first-order valence-electron chi connectivity index (χ1n) is 4.06. The Labute approximate surface area is 65.4 Å². The SMILES string of the molecule is CC.N=PN1CCCCC1.